The Morgan fingerprint density at radius 2 is 1.93 bits per heavy atom. The predicted molar refractivity (Wildman–Crippen MR) is 101 cm³/mol. The van der Waals surface area contributed by atoms with Crippen LogP contribution in [-0.2, 0) is 11.2 Å². The highest BCUT2D eigenvalue weighted by atomic mass is 16.5. The van der Waals surface area contributed by atoms with Gasteiger partial charge in [-0.25, -0.2) is 9.67 Å². The van der Waals surface area contributed by atoms with Crippen molar-refractivity contribution in [2.45, 2.75) is 26.4 Å². The SMILES string of the molecule is COc1cccc(O[C@@H](C)c2nc(CC(N)=O)nn2-c2ccccc2C)c1. The van der Waals surface area contributed by atoms with E-state index in [1.54, 1.807) is 17.9 Å². The molecule has 1 aromatic heterocycles. The van der Waals surface area contributed by atoms with Gasteiger partial charge in [-0.3, -0.25) is 4.79 Å². The second-order valence-corrected chi connectivity index (χ2v) is 6.17. The summed E-state index contributed by atoms with van der Waals surface area (Å²) < 4.78 is 13.0. The van der Waals surface area contributed by atoms with E-state index in [1.165, 1.54) is 0 Å². The third-order valence-corrected chi connectivity index (χ3v) is 4.07. The number of primary amides is 1. The molecule has 1 heterocycles. The summed E-state index contributed by atoms with van der Waals surface area (Å²) in [7, 11) is 1.60. The van der Waals surface area contributed by atoms with E-state index in [9.17, 15) is 4.79 Å². The van der Waals surface area contributed by atoms with Gasteiger partial charge >= 0.3 is 0 Å². The van der Waals surface area contributed by atoms with Crippen LogP contribution >= 0.6 is 0 Å². The molecule has 0 aliphatic heterocycles. The molecule has 0 saturated carbocycles. The Hall–Kier alpha value is -3.35. The summed E-state index contributed by atoms with van der Waals surface area (Å²) in [6.45, 7) is 3.87. The Balaban J connectivity index is 1.98. The van der Waals surface area contributed by atoms with Crippen LogP contribution in [0, 0.1) is 6.92 Å². The van der Waals surface area contributed by atoms with Crippen molar-refractivity contribution >= 4 is 5.91 Å². The number of nitrogens with two attached hydrogens (primary N) is 1. The third kappa shape index (κ3) is 4.25. The smallest absolute Gasteiger partial charge is 0.225 e. The topological polar surface area (TPSA) is 92.3 Å². The Morgan fingerprint density at radius 1 is 1.19 bits per heavy atom. The minimum Gasteiger partial charge on any atom is -0.497 e. The maximum absolute atomic E-state index is 11.3. The van der Waals surface area contributed by atoms with Gasteiger partial charge in [0.05, 0.1) is 19.2 Å². The van der Waals surface area contributed by atoms with Crippen molar-refractivity contribution in [2.75, 3.05) is 7.11 Å². The molecule has 0 fully saturated rings. The Labute approximate surface area is 157 Å². The van der Waals surface area contributed by atoms with Crippen molar-refractivity contribution in [3.05, 3.63) is 65.7 Å². The van der Waals surface area contributed by atoms with Gasteiger partial charge in [-0.05, 0) is 37.6 Å². The van der Waals surface area contributed by atoms with Crippen LogP contribution in [0.5, 0.6) is 11.5 Å². The van der Waals surface area contributed by atoms with Gasteiger partial charge in [0.2, 0.25) is 5.91 Å². The molecule has 7 nitrogen and oxygen atoms in total. The van der Waals surface area contributed by atoms with Gasteiger partial charge in [-0.15, -0.1) is 0 Å². The van der Waals surface area contributed by atoms with E-state index in [2.05, 4.69) is 10.1 Å². The minimum atomic E-state index is -0.482. The molecule has 1 atom stereocenters. The van der Waals surface area contributed by atoms with E-state index >= 15 is 0 Å². The number of hydrogen-bond acceptors (Lipinski definition) is 5. The number of nitrogens with zero attached hydrogens (tertiary/aromatic N) is 3. The highest BCUT2D eigenvalue weighted by molar-refractivity contribution is 5.75. The summed E-state index contributed by atoms with van der Waals surface area (Å²) in [4.78, 5) is 15.8. The van der Waals surface area contributed by atoms with Crippen LogP contribution in [0.1, 0.15) is 30.2 Å². The quantitative estimate of drug-likeness (QED) is 0.694. The lowest BCUT2D eigenvalue weighted by Crippen LogP contribution is -2.14. The molecule has 0 aliphatic rings. The summed E-state index contributed by atoms with van der Waals surface area (Å²) in [6, 6.07) is 15.2. The van der Waals surface area contributed by atoms with Crippen molar-refractivity contribution < 1.29 is 14.3 Å². The molecule has 140 valence electrons. The molecule has 2 N–H and O–H groups in total. The average molecular weight is 366 g/mol. The van der Waals surface area contributed by atoms with Crippen molar-refractivity contribution in [3.63, 3.8) is 0 Å². The van der Waals surface area contributed by atoms with Crippen molar-refractivity contribution in [1.29, 1.82) is 0 Å². The standard InChI is InChI=1S/C20H22N4O3/c1-13-7-4-5-10-17(13)24-20(22-19(23-24)12-18(21)25)14(2)27-16-9-6-8-15(11-16)26-3/h4-11,14H,12H2,1-3H3,(H2,21,25)/t14-/m0/s1. The number of carbonyl (C=O) groups is 1. The fourth-order valence-corrected chi connectivity index (χ4v) is 2.77. The summed E-state index contributed by atoms with van der Waals surface area (Å²) in [5, 5.41) is 4.48. The maximum Gasteiger partial charge on any atom is 0.225 e. The number of amides is 1. The van der Waals surface area contributed by atoms with Crippen molar-refractivity contribution in [2.24, 2.45) is 5.73 Å². The predicted octanol–water partition coefficient (Wildman–Crippen LogP) is 2.75. The number of aromatic nitrogens is 3. The first kappa shape index (κ1) is 18.4. The molecule has 0 bridgehead atoms. The van der Waals surface area contributed by atoms with Gasteiger partial charge in [0.25, 0.3) is 0 Å². The Bertz CT molecular complexity index is 952. The zero-order valence-electron chi connectivity index (χ0n) is 15.5. The molecule has 0 radical (unpaired) electrons. The van der Waals surface area contributed by atoms with Crippen LogP contribution in [0.15, 0.2) is 48.5 Å². The molecule has 0 saturated heterocycles. The second kappa shape index (κ2) is 7.90. The monoisotopic (exact) mass is 366 g/mol. The molecule has 3 rings (SSSR count). The normalized spacial score (nSPS) is 11.8. The highest BCUT2D eigenvalue weighted by Gasteiger charge is 2.21. The van der Waals surface area contributed by atoms with Crippen LogP contribution in [0.3, 0.4) is 0 Å². The van der Waals surface area contributed by atoms with E-state index in [0.717, 1.165) is 11.3 Å². The molecule has 0 unspecified atom stereocenters. The van der Waals surface area contributed by atoms with Gasteiger partial charge in [0.1, 0.15) is 11.5 Å². The van der Waals surface area contributed by atoms with E-state index in [-0.39, 0.29) is 6.42 Å². The van der Waals surface area contributed by atoms with Gasteiger partial charge < -0.3 is 15.2 Å². The highest BCUT2D eigenvalue weighted by Crippen LogP contribution is 2.26. The number of methoxy groups -OCH3 is 1. The van der Waals surface area contributed by atoms with Crippen molar-refractivity contribution in [1.82, 2.24) is 14.8 Å². The molecule has 27 heavy (non-hydrogen) atoms. The van der Waals surface area contributed by atoms with E-state index in [4.69, 9.17) is 15.2 Å². The molecule has 0 spiro atoms. The zero-order valence-corrected chi connectivity index (χ0v) is 15.5. The number of carbonyl (C=O) groups excluding carboxylic acids is 1. The maximum atomic E-state index is 11.3. The first-order valence-electron chi connectivity index (χ1n) is 8.58. The molecule has 3 aromatic rings. The number of para-hydroxylation sites is 1. The molecular formula is C20H22N4O3. The van der Waals surface area contributed by atoms with Crippen LogP contribution in [0.25, 0.3) is 5.69 Å². The summed E-state index contributed by atoms with van der Waals surface area (Å²) in [5.74, 6) is 1.82. The summed E-state index contributed by atoms with van der Waals surface area (Å²) >= 11 is 0. The fourth-order valence-electron chi connectivity index (χ4n) is 2.77. The molecule has 1 amide bonds. The van der Waals surface area contributed by atoms with Gasteiger partial charge in [-0.1, -0.05) is 24.3 Å². The average Bonchev–Trinajstić information content (AvgIpc) is 3.05. The molecule has 7 heteroatoms. The Kier molecular flexibility index (Phi) is 5.40. The number of aryl methyl sites for hydroxylation is 1. The van der Waals surface area contributed by atoms with Gasteiger partial charge in [0, 0.05) is 6.07 Å². The molecule has 0 aliphatic carbocycles. The second-order valence-electron chi connectivity index (χ2n) is 6.17. The zero-order chi connectivity index (χ0) is 19.4. The van der Waals surface area contributed by atoms with E-state index in [1.807, 2.05) is 56.3 Å². The minimum absolute atomic E-state index is 0.0300. The van der Waals surface area contributed by atoms with Gasteiger partial charge in [-0.2, -0.15) is 5.10 Å². The van der Waals surface area contributed by atoms with Gasteiger partial charge in [0.15, 0.2) is 17.8 Å². The number of benzene rings is 2. The fraction of sp³-hybridized carbons (Fsp3) is 0.250. The number of ether oxygens (including phenoxy) is 2. The molecule has 2 aromatic carbocycles. The summed E-state index contributed by atoms with van der Waals surface area (Å²) in [5.41, 5.74) is 7.21. The van der Waals surface area contributed by atoms with Crippen LogP contribution < -0.4 is 15.2 Å². The number of hydrogen-bond donors (Lipinski definition) is 1. The third-order valence-electron chi connectivity index (χ3n) is 4.07. The van der Waals surface area contributed by atoms with E-state index < -0.39 is 12.0 Å². The summed E-state index contributed by atoms with van der Waals surface area (Å²) in [6.07, 6.45) is -0.441. The number of rotatable bonds is 7. The molecular weight excluding hydrogens is 344 g/mol. The largest absolute Gasteiger partial charge is 0.497 e. The lowest BCUT2D eigenvalue weighted by molar-refractivity contribution is -0.117. The van der Waals surface area contributed by atoms with Crippen LogP contribution in [0.4, 0.5) is 0 Å². The Morgan fingerprint density at radius 3 is 2.63 bits per heavy atom. The lowest BCUT2D eigenvalue weighted by atomic mass is 10.2. The lowest BCUT2D eigenvalue weighted by Gasteiger charge is -2.16. The van der Waals surface area contributed by atoms with Crippen LogP contribution in [0.2, 0.25) is 0 Å². The van der Waals surface area contributed by atoms with Crippen LogP contribution in [-0.4, -0.2) is 27.8 Å². The first-order valence-corrected chi connectivity index (χ1v) is 8.58. The first-order chi connectivity index (χ1) is 13.0. The van der Waals surface area contributed by atoms with E-state index in [0.29, 0.717) is 23.1 Å². The van der Waals surface area contributed by atoms with Crippen molar-refractivity contribution in [3.8, 4) is 17.2 Å².